The first-order valence-electron chi connectivity index (χ1n) is 9.22. The lowest BCUT2D eigenvalue weighted by Crippen LogP contribution is -2.13. The van der Waals surface area contributed by atoms with Crippen LogP contribution in [0.25, 0.3) is 0 Å². The molecular formula is C22H21N3O5. The lowest BCUT2D eigenvalue weighted by Gasteiger charge is -2.10. The van der Waals surface area contributed by atoms with E-state index in [2.05, 4.69) is 10.6 Å². The summed E-state index contributed by atoms with van der Waals surface area (Å²) in [5, 5.41) is 17.0. The van der Waals surface area contributed by atoms with Gasteiger partial charge in [0.2, 0.25) is 0 Å². The second-order valence-electron chi connectivity index (χ2n) is 6.30. The summed E-state index contributed by atoms with van der Waals surface area (Å²) >= 11 is 0. The summed E-state index contributed by atoms with van der Waals surface area (Å²) < 4.78 is 10.6. The van der Waals surface area contributed by atoms with Crippen molar-refractivity contribution in [3.8, 4) is 11.5 Å². The summed E-state index contributed by atoms with van der Waals surface area (Å²) in [5.74, 6) is 0.889. The van der Waals surface area contributed by atoms with Crippen molar-refractivity contribution >= 4 is 23.0 Å². The van der Waals surface area contributed by atoms with Gasteiger partial charge in [-0.05, 0) is 48.5 Å². The predicted octanol–water partition coefficient (Wildman–Crippen LogP) is 4.70. The first kappa shape index (κ1) is 20.8. The van der Waals surface area contributed by atoms with Crippen molar-refractivity contribution in [2.75, 3.05) is 30.9 Å². The van der Waals surface area contributed by atoms with Crippen molar-refractivity contribution in [2.45, 2.75) is 0 Å². The number of rotatable bonds is 9. The molecule has 0 aromatic heterocycles. The molecule has 0 bridgehead atoms. The van der Waals surface area contributed by atoms with Gasteiger partial charge < -0.3 is 20.1 Å². The van der Waals surface area contributed by atoms with E-state index in [9.17, 15) is 14.9 Å². The molecule has 3 aromatic carbocycles. The molecule has 0 saturated heterocycles. The Kier molecular flexibility index (Phi) is 6.96. The van der Waals surface area contributed by atoms with Gasteiger partial charge in [-0.25, -0.2) is 0 Å². The Morgan fingerprint density at radius 3 is 2.37 bits per heavy atom. The van der Waals surface area contributed by atoms with Gasteiger partial charge >= 0.3 is 0 Å². The molecule has 154 valence electrons. The fourth-order valence-corrected chi connectivity index (χ4v) is 2.70. The maximum atomic E-state index is 12.5. The number of nitro groups is 1. The predicted molar refractivity (Wildman–Crippen MR) is 114 cm³/mol. The monoisotopic (exact) mass is 407 g/mol. The van der Waals surface area contributed by atoms with Crippen LogP contribution < -0.4 is 15.4 Å². The fourth-order valence-electron chi connectivity index (χ4n) is 2.70. The van der Waals surface area contributed by atoms with E-state index in [4.69, 9.17) is 9.47 Å². The van der Waals surface area contributed by atoms with Crippen LogP contribution in [0, 0.1) is 10.1 Å². The second-order valence-corrected chi connectivity index (χ2v) is 6.30. The topological polar surface area (TPSA) is 103 Å². The summed E-state index contributed by atoms with van der Waals surface area (Å²) in [6.45, 7) is 0.823. The van der Waals surface area contributed by atoms with Crippen molar-refractivity contribution in [3.05, 3.63) is 88.5 Å². The van der Waals surface area contributed by atoms with Gasteiger partial charge in [0.15, 0.2) is 0 Å². The summed E-state index contributed by atoms with van der Waals surface area (Å²) in [6, 6.07) is 20.5. The third-order valence-electron chi connectivity index (χ3n) is 4.17. The molecule has 30 heavy (non-hydrogen) atoms. The maximum absolute atomic E-state index is 12.5. The molecule has 0 unspecified atom stereocenters. The minimum atomic E-state index is -0.526. The average molecular weight is 407 g/mol. The highest BCUT2D eigenvalue weighted by Gasteiger charge is 2.17. The molecule has 0 aliphatic heterocycles. The van der Waals surface area contributed by atoms with Crippen LogP contribution in [0.4, 0.5) is 17.1 Å². The Balaban J connectivity index is 1.67. The zero-order valence-corrected chi connectivity index (χ0v) is 16.3. The average Bonchev–Trinajstić information content (AvgIpc) is 2.76. The number of hydrogen-bond acceptors (Lipinski definition) is 6. The highest BCUT2D eigenvalue weighted by atomic mass is 16.6. The van der Waals surface area contributed by atoms with Gasteiger partial charge in [0, 0.05) is 31.0 Å². The number of carbonyl (C=O) groups excluding carboxylic acids is 1. The molecule has 8 nitrogen and oxygen atoms in total. The van der Waals surface area contributed by atoms with Crippen LogP contribution in [0.2, 0.25) is 0 Å². The Morgan fingerprint density at radius 1 is 1.00 bits per heavy atom. The zero-order valence-electron chi connectivity index (χ0n) is 16.3. The largest absolute Gasteiger partial charge is 0.457 e. The maximum Gasteiger partial charge on any atom is 0.293 e. The molecule has 0 atom stereocenters. The number of anilines is 2. The Labute approximate surface area is 173 Å². The molecule has 3 aromatic rings. The summed E-state index contributed by atoms with van der Waals surface area (Å²) in [6.07, 6.45) is 0. The Hall–Kier alpha value is -3.91. The van der Waals surface area contributed by atoms with E-state index in [1.54, 1.807) is 31.4 Å². The molecule has 3 rings (SSSR count). The molecule has 0 saturated carbocycles. The van der Waals surface area contributed by atoms with Crippen LogP contribution in [-0.2, 0) is 4.74 Å². The van der Waals surface area contributed by atoms with Crippen molar-refractivity contribution in [3.63, 3.8) is 0 Å². The lowest BCUT2D eigenvalue weighted by atomic mass is 10.1. The van der Waals surface area contributed by atoms with Crippen LogP contribution >= 0.6 is 0 Å². The van der Waals surface area contributed by atoms with E-state index >= 15 is 0 Å². The molecule has 0 spiro atoms. The number of hydrogen-bond donors (Lipinski definition) is 2. The highest BCUT2D eigenvalue weighted by Crippen LogP contribution is 2.27. The van der Waals surface area contributed by atoms with E-state index in [0.29, 0.717) is 36.0 Å². The van der Waals surface area contributed by atoms with Gasteiger partial charge in [-0.3, -0.25) is 14.9 Å². The van der Waals surface area contributed by atoms with Gasteiger partial charge in [-0.2, -0.15) is 0 Å². The third-order valence-corrected chi connectivity index (χ3v) is 4.17. The third kappa shape index (κ3) is 5.55. The molecule has 0 heterocycles. The second kappa shape index (κ2) is 10.0. The van der Waals surface area contributed by atoms with Crippen molar-refractivity contribution in [1.82, 2.24) is 0 Å². The van der Waals surface area contributed by atoms with Crippen molar-refractivity contribution < 1.29 is 19.2 Å². The number of ether oxygens (including phenoxy) is 2. The number of amides is 1. The molecule has 0 aliphatic rings. The van der Waals surface area contributed by atoms with E-state index in [0.717, 1.165) is 0 Å². The van der Waals surface area contributed by atoms with Crippen LogP contribution in [0.3, 0.4) is 0 Å². The van der Waals surface area contributed by atoms with Crippen LogP contribution in [0.1, 0.15) is 10.4 Å². The standard InChI is InChI=1S/C22H21N3O5/c1-29-14-13-23-20-12-7-16(15-21(20)25(27)28)22(26)24-17-8-10-19(11-9-17)30-18-5-3-2-4-6-18/h2-12,15,23H,13-14H2,1H3,(H,24,26). The minimum absolute atomic E-state index is 0.176. The first-order chi connectivity index (χ1) is 14.6. The van der Waals surface area contributed by atoms with E-state index in [1.807, 2.05) is 30.3 Å². The SMILES string of the molecule is COCCNc1ccc(C(=O)Nc2ccc(Oc3ccccc3)cc2)cc1[N+](=O)[O-]. The van der Waals surface area contributed by atoms with Crippen molar-refractivity contribution in [2.24, 2.45) is 0 Å². The number of nitrogens with one attached hydrogen (secondary N) is 2. The molecule has 0 fully saturated rings. The molecule has 0 aliphatic carbocycles. The summed E-state index contributed by atoms with van der Waals surface area (Å²) in [5.41, 5.74) is 0.885. The van der Waals surface area contributed by atoms with Gasteiger partial charge in [0.05, 0.1) is 11.5 Å². The smallest absolute Gasteiger partial charge is 0.293 e. The van der Waals surface area contributed by atoms with E-state index in [1.165, 1.54) is 18.2 Å². The van der Waals surface area contributed by atoms with Crippen molar-refractivity contribution in [1.29, 1.82) is 0 Å². The number of carbonyl (C=O) groups is 1. The fraction of sp³-hybridized carbons (Fsp3) is 0.136. The van der Waals surface area contributed by atoms with E-state index in [-0.39, 0.29) is 11.3 Å². The number of nitro benzene ring substituents is 1. The minimum Gasteiger partial charge on any atom is -0.457 e. The number of benzene rings is 3. The Morgan fingerprint density at radius 2 is 1.70 bits per heavy atom. The number of para-hydroxylation sites is 1. The van der Waals surface area contributed by atoms with Gasteiger partial charge in [-0.1, -0.05) is 18.2 Å². The normalized spacial score (nSPS) is 10.3. The highest BCUT2D eigenvalue weighted by molar-refractivity contribution is 6.05. The molecule has 1 amide bonds. The van der Waals surface area contributed by atoms with Crippen LogP contribution in [0.5, 0.6) is 11.5 Å². The van der Waals surface area contributed by atoms with Gasteiger partial charge in [-0.15, -0.1) is 0 Å². The zero-order chi connectivity index (χ0) is 21.3. The van der Waals surface area contributed by atoms with Gasteiger partial charge in [0.25, 0.3) is 11.6 Å². The quantitative estimate of drug-likeness (QED) is 0.303. The molecule has 2 N–H and O–H groups in total. The van der Waals surface area contributed by atoms with Crippen LogP contribution in [-0.4, -0.2) is 31.1 Å². The molecular weight excluding hydrogens is 386 g/mol. The summed E-state index contributed by atoms with van der Waals surface area (Å²) in [7, 11) is 1.55. The molecule has 8 heteroatoms. The first-order valence-corrected chi connectivity index (χ1v) is 9.22. The number of methoxy groups -OCH3 is 1. The van der Waals surface area contributed by atoms with Gasteiger partial charge in [0.1, 0.15) is 17.2 Å². The molecule has 0 radical (unpaired) electrons. The number of nitrogens with zero attached hydrogens (tertiary/aromatic N) is 1. The summed E-state index contributed by atoms with van der Waals surface area (Å²) in [4.78, 5) is 23.4. The lowest BCUT2D eigenvalue weighted by molar-refractivity contribution is -0.384. The van der Waals surface area contributed by atoms with Crippen LogP contribution in [0.15, 0.2) is 72.8 Å². The Bertz CT molecular complexity index is 1010. The van der Waals surface area contributed by atoms with E-state index < -0.39 is 10.8 Å².